The molecule has 168 valence electrons. The summed E-state index contributed by atoms with van der Waals surface area (Å²) >= 11 is 0. The van der Waals surface area contributed by atoms with Gasteiger partial charge in [0, 0.05) is 30.4 Å². The standard InChI is InChI=1S/C25H28FN3O3/c1-5-20-18(7-6-16(2)22(20)30)12-17(3)29-10-11-32-21-13-19(14-27-23(21)29)24(31)28-9-8-25(4,26)15-28/h5-6,12-14H,1,7-11,15H2,2-4H3/b17-12+. The summed E-state index contributed by atoms with van der Waals surface area (Å²) in [5.74, 6) is 0.900. The number of rotatable bonds is 4. The number of anilines is 1. The highest BCUT2D eigenvalue weighted by Crippen LogP contribution is 2.34. The zero-order valence-corrected chi connectivity index (χ0v) is 18.8. The van der Waals surface area contributed by atoms with Crippen LogP contribution in [-0.2, 0) is 4.79 Å². The number of nitrogens with zero attached hydrogens (tertiary/aromatic N) is 3. The van der Waals surface area contributed by atoms with Crippen LogP contribution in [0.15, 0.2) is 59.5 Å². The minimum atomic E-state index is -1.35. The number of ether oxygens (including phenoxy) is 1. The summed E-state index contributed by atoms with van der Waals surface area (Å²) in [6.45, 7) is 10.6. The first-order valence-electron chi connectivity index (χ1n) is 10.8. The first kappa shape index (κ1) is 22.0. The van der Waals surface area contributed by atoms with Crippen molar-refractivity contribution in [1.29, 1.82) is 0 Å². The number of likely N-dealkylation sites (tertiary alicyclic amines) is 1. The fraction of sp³-hybridized carbons (Fsp3) is 0.400. The Morgan fingerprint density at radius 2 is 2.16 bits per heavy atom. The number of hydrogen-bond acceptors (Lipinski definition) is 5. The number of amides is 1. The number of Topliss-reactive ketones (excluding diaryl/α,β-unsaturated/α-hetero) is 1. The number of hydrogen-bond donors (Lipinski definition) is 0. The van der Waals surface area contributed by atoms with Crippen LogP contribution in [0, 0.1) is 0 Å². The molecule has 32 heavy (non-hydrogen) atoms. The van der Waals surface area contributed by atoms with E-state index >= 15 is 0 Å². The Morgan fingerprint density at radius 3 is 2.84 bits per heavy atom. The van der Waals surface area contributed by atoms with Crippen molar-refractivity contribution in [3.05, 3.63) is 65.1 Å². The summed E-state index contributed by atoms with van der Waals surface area (Å²) in [6, 6.07) is 1.68. The van der Waals surface area contributed by atoms with Crippen LogP contribution in [0.1, 0.15) is 44.0 Å². The van der Waals surface area contributed by atoms with E-state index in [1.807, 2.05) is 30.9 Å². The normalized spacial score (nSPS) is 23.7. The number of allylic oxidation sites excluding steroid dienone is 7. The maximum atomic E-state index is 14.2. The van der Waals surface area contributed by atoms with Gasteiger partial charge < -0.3 is 14.5 Å². The third-order valence-corrected chi connectivity index (χ3v) is 6.21. The minimum Gasteiger partial charge on any atom is -0.488 e. The van der Waals surface area contributed by atoms with Gasteiger partial charge in [-0.2, -0.15) is 0 Å². The van der Waals surface area contributed by atoms with E-state index in [4.69, 9.17) is 4.74 Å². The third kappa shape index (κ3) is 4.11. The molecule has 6 nitrogen and oxygen atoms in total. The van der Waals surface area contributed by atoms with Gasteiger partial charge in [-0.05, 0) is 50.5 Å². The fourth-order valence-electron chi connectivity index (χ4n) is 4.35. The molecule has 1 aliphatic carbocycles. The molecular weight excluding hydrogens is 409 g/mol. The second kappa shape index (κ2) is 8.37. The van der Waals surface area contributed by atoms with Crippen molar-refractivity contribution in [2.75, 3.05) is 31.1 Å². The second-order valence-corrected chi connectivity index (χ2v) is 8.79. The Kier molecular flexibility index (Phi) is 5.75. The largest absolute Gasteiger partial charge is 0.488 e. The molecule has 1 atom stereocenters. The Morgan fingerprint density at radius 1 is 1.38 bits per heavy atom. The number of aromatic nitrogens is 1. The average molecular weight is 438 g/mol. The Hall–Kier alpha value is -3.22. The molecule has 1 aromatic heterocycles. The maximum absolute atomic E-state index is 14.2. The van der Waals surface area contributed by atoms with Gasteiger partial charge in [-0.3, -0.25) is 9.59 Å². The smallest absolute Gasteiger partial charge is 0.255 e. The molecule has 0 saturated carbocycles. The summed E-state index contributed by atoms with van der Waals surface area (Å²) in [6.07, 6.45) is 8.05. The van der Waals surface area contributed by atoms with Gasteiger partial charge in [0.25, 0.3) is 5.91 Å². The summed E-state index contributed by atoms with van der Waals surface area (Å²) in [4.78, 5) is 33.3. The number of fused-ring (bicyclic) bond motifs is 1. The van der Waals surface area contributed by atoms with E-state index < -0.39 is 5.67 Å². The molecular formula is C25H28FN3O3. The van der Waals surface area contributed by atoms with Gasteiger partial charge in [-0.1, -0.05) is 18.7 Å². The maximum Gasteiger partial charge on any atom is 0.255 e. The van der Waals surface area contributed by atoms with Crippen LogP contribution < -0.4 is 9.64 Å². The number of halogens is 1. The summed E-state index contributed by atoms with van der Waals surface area (Å²) in [5, 5.41) is 0. The van der Waals surface area contributed by atoms with Crippen molar-refractivity contribution in [2.24, 2.45) is 0 Å². The van der Waals surface area contributed by atoms with Crippen molar-refractivity contribution in [1.82, 2.24) is 9.88 Å². The van der Waals surface area contributed by atoms with Gasteiger partial charge >= 0.3 is 0 Å². The van der Waals surface area contributed by atoms with Gasteiger partial charge in [0.2, 0.25) is 0 Å². The monoisotopic (exact) mass is 437 g/mol. The van der Waals surface area contributed by atoms with Crippen molar-refractivity contribution in [3.8, 4) is 5.75 Å². The van der Waals surface area contributed by atoms with E-state index in [-0.39, 0.29) is 18.2 Å². The molecule has 0 spiro atoms. The van der Waals surface area contributed by atoms with E-state index in [1.165, 1.54) is 18.0 Å². The van der Waals surface area contributed by atoms with Gasteiger partial charge in [0.05, 0.1) is 18.7 Å². The topological polar surface area (TPSA) is 62.7 Å². The third-order valence-electron chi connectivity index (χ3n) is 6.21. The van der Waals surface area contributed by atoms with Crippen molar-refractivity contribution in [3.63, 3.8) is 0 Å². The second-order valence-electron chi connectivity index (χ2n) is 8.79. The molecule has 1 saturated heterocycles. The van der Waals surface area contributed by atoms with Gasteiger partial charge in [0.15, 0.2) is 17.4 Å². The molecule has 1 aromatic rings. The van der Waals surface area contributed by atoms with Crippen molar-refractivity contribution in [2.45, 2.75) is 39.3 Å². The van der Waals surface area contributed by atoms with Gasteiger partial charge in [-0.25, -0.2) is 9.37 Å². The lowest BCUT2D eigenvalue weighted by atomic mass is 9.90. The van der Waals surface area contributed by atoms with Crippen molar-refractivity contribution < 1.29 is 18.7 Å². The average Bonchev–Trinajstić information content (AvgIpc) is 3.14. The van der Waals surface area contributed by atoms with E-state index in [0.29, 0.717) is 55.2 Å². The lowest BCUT2D eigenvalue weighted by Gasteiger charge is -2.31. The Bertz CT molecular complexity index is 1080. The quantitative estimate of drug-likeness (QED) is 0.708. The molecule has 3 aliphatic rings. The lowest BCUT2D eigenvalue weighted by molar-refractivity contribution is -0.112. The molecule has 4 rings (SSSR count). The number of alkyl halides is 1. The molecule has 1 amide bonds. The molecule has 1 unspecified atom stereocenters. The van der Waals surface area contributed by atoms with Gasteiger partial charge in [-0.15, -0.1) is 0 Å². The van der Waals surface area contributed by atoms with E-state index in [1.54, 1.807) is 12.1 Å². The Labute approximate surface area is 187 Å². The molecule has 7 heteroatoms. The van der Waals surface area contributed by atoms with Crippen molar-refractivity contribution >= 4 is 17.5 Å². The lowest BCUT2D eigenvalue weighted by Crippen LogP contribution is -2.34. The Balaban J connectivity index is 1.60. The van der Waals surface area contributed by atoms with Crippen LogP contribution in [0.2, 0.25) is 0 Å². The van der Waals surface area contributed by atoms with Crippen LogP contribution in [0.25, 0.3) is 0 Å². The molecule has 0 N–H and O–H groups in total. The van der Waals surface area contributed by atoms with E-state index in [2.05, 4.69) is 11.6 Å². The fourth-order valence-corrected chi connectivity index (χ4v) is 4.35. The van der Waals surface area contributed by atoms with E-state index in [0.717, 1.165) is 16.8 Å². The first-order valence-corrected chi connectivity index (χ1v) is 10.8. The molecule has 0 bridgehead atoms. The number of pyridine rings is 1. The van der Waals surface area contributed by atoms with Gasteiger partial charge in [0.1, 0.15) is 12.3 Å². The van der Waals surface area contributed by atoms with Crippen LogP contribution in [0.4, 0.5) is 10.2 Å². The molecule has 0 aromatic carbocycles. The minimum absolute atomic E-state index is 0.000229. The molecule has 3 heterocycles. The number of ketones is 1. The number of carbonyl (C=O) groups is 2. The zero-order chi connectivity index (χ0) is 23.0. The molecule has 2 aliphatic heterocycles. The highest BCUT2D eigenvalue weighted by molar-refractivity contribution is 6.11. The highest BCUT2D eigenvalue weighted by atomic mass is 19.1. The zero-order valence-electron chi connectivity index (χ0n) is 18.8. The molecule has 0 radical (unpaired) electrons. The highest BCUT2D eigenvalue weighted by Gasteiger charge is 2.36. The number of carbonyl (C=O) groups excluding carboxylic acids is 2. The predicted octanol–water partition coefficient (Wildman–Crippen LogP) is 4.16. The van der Waals surface area contributed by atoms with Crippen LogP contribution in [-0.4, -0.2) is 53.5 Å². The van der Waals surface area contributed by atoms with Crippen LogP contribution in [0.5, 0.6) is 5.75 Å². The SMILES string of the molecule is C=CC1=C(/C=C(\C)N2CCOc3cc(C(=O)N4CCC(C)(F)C4)cnc32)CC=C(C)C1=O. The first-order chi connectivity index (χ1) is 15.2. The summed E-state index contributed by atoms with van der Waals surface area (Å²) < 4.78 is 20.0. The molecule has 1 fully saturated rings. The summed E-state index contributed by atoms with van der Waals surface area (Å²) in [7, 11) is 0. The van der Waals surface area contributed by atoms with Crippen LogP contribution >= 0.6 is 0 Å². The predicted molar refractivity (Wildman–Crippen MR) is 121 cm³/mol. The van der Waals surface area contributed by atoms with Crippen LogP contribution in [0.3, 0.4) is 0 Å². The summed E-state index contributed by atoms with van der Waals surface area (Å²) in [5.41, 5.74) is 2.23. The van der Waals surface area contributed by atoms with E-state index in [9.17, 15) is 14.0 Å².